The van der Waals surface area contributed by atoms with E-state index in [1.807, 2.05) is 91.0 Å². The maximum Gasteiger partial charge on any atom is 0.539 e. The van der Waals surface area contributed by atoms with Crippen molar-refractivity contribution in [3.05, 3.63) is 131 Å². The predicted octanol–water partition coefficient (Wildman–Crippen LogP) is 6.42. The zero-order chi connectivity index (χ0) is 24.7. The highest BCUT2D eigenvalue weighted by Gasteiger charge is 2.41. The summed E-state index contributed by atoms with van der Waals surface area (Å²) in [6.07, 6.45) is 7.20. The number of allylic oxidation sites excluding steroid dienone is 3. The Bertz CT molecular complexity index is 1220. The van der Waals surface area contributed by atoms with Crippen LogP contribution >= 0.6 is 19.9 Å². The highest BCUT2D eigenvalue weighted by atomic mass is 35.5. The first kappa shape index (κ1) is 25.1. The molecule has 6 heteroatoms. The summed E-state index contributed by atoms with van der Waals surface area (Å²) in [5.41, 5.74) is 2.37. The molecule has 0 amide bonds. The largest absolute Gasteiger partial charge is 0.558 e. The van der Waals surface area contributed by atoms with E-state index < -0.39 is 13.7 Å². The second-order valence-electron chi connectivity index (χ2n) is 8.86. The molecule has 4 rings (SSSR count). The minimum absolute atomic E-state index is 0.123. The van der Waals surface area contributed by atoms with Gasteiger partial charge in [0.1, 0.15) is 5.78 Å². The molecule has 0 fully saturated rings. The quantitative estimate of drug-likeness (QED) is 0.299. The zero-order valence-electron chi connectivity index (χ0n) is 19.2. The van der Waals surface area contributed by atoms with E-state index in [4.69, 9.17) is 16.1 Å². The van der Waals surface area contributed by atoms with Crippen molar-refractivity contribution in [2.45, 2.75) is 25.7 Å². The van der Waals surface area contributed by atoms with E-state index in [2.05, 4.69) is 0 Å². The van der Waals surface area contributed by atoms with Crippen LogP contribution in [0.5, 0.6) is 0 Å². The van der Waals surface area contributed by atoms with Gasteiger partial charge in [-0.1, -0.05) is 90.5 Å². The number of halogens is 1. The van der Waals surface area contributed by atoms with Gasteiger partial charge in [-0.25, -0.2) is 0 Å². The topological polar surface area (TPSA) is 66.4 Å². The molecular formula is C29H26ClO4P. The maximum atomic E-state index is 14.4. The van der Waals surface area contributed by atoms with Gasteiger partial charge in [-0.05, 0) is 71.2 Å². The van der Waals surface area contributed by atoms with Gasteiger partial charge in [0.2, 0.25) is 0 Å². The molecule has 3 atom stereocenters. The third-order valence-corrected chi connectivity index (χ3v) is 6.97. The Kier molecular flexibility index (Phi) is 8.30. The van der Waals surface area contributed by atoms with E-state index in [1.54, 1.807) is 12.2 Å². The second kappa shape index (κ2) is 11.6. The van der Waals surface area contributed by atoms with Crippen LogP contribution in [0.1, 0.15) is 23.1 Å². The fourth-order valence-corrected chi connectivity index (χ4v) is 5.08. The van der Waals surface area contributed by atoms with Gasteiger partial charge in [0.05, 0.1) is 5.41 Å². The molecule has 0 saturated heterocycles. The van der Waals surface area contributed by atoms with Crippen molar-refractivity contribution in [2.75, 3.05) is 0 Å². The number of carbonyl (C=O) groups is 1. The molecule has 0 aliphatic heterocycles. The first-order chi connectivity index (χ1) is 16.9. The summed E-state index contributed by atoms with van der Waals surface area (Å²) in [6.45, 7) is 0. The Morgan fingerprint density at radius 2 is 1.49 bits per heavy atom. The number of carbonyl (C=O) groups excluding carboxylic acids is 1. The molecule has 0 aromatic heterocycles. The highest BCUT2D eigenvalue weighted by Crippen LogP contribution is 2.40. The normalized spacial score (nSPS) is 18.5. The summed E-state index contributed by atoms with van der Waals surface area (Å²) < 4.78 is 15.9. The van der Waals surface area contributed by atoms with Crippen LogP contribution < -0.4 is 4.89 Å². The average Bonchev–Trinajstić information content (AvgIpc) is 2.87. The predicted molar refractivity (Wildman–Crippen MR) is 137 cm³/mol. The fraction of sp³-hybridized carbons (Fsp3) is 0.207. The van der Waals surface area contributed by atoms with Crippen molar-refractivity contribution in [3.63, 3.8) is 0 Å². The number of benzene rings is 3. The molecule has 3 aromatic carbocycles. The van der Waals surface area contributed by atoms with Crippen molar-refractivity contribution in [3.8, 4) is 0 Å². The van der Waals surface area contributed by atoms with Gasteiger partial charge < -0.3 is 4.89 Å². The third kappa shape index (κ3) is 6.76. The molecule has 3 unspecified atom stereocenters. The summed E-state index contributed by atoms with van der Waals surface area (Å²) in [4.78, 5) is 25.4. The molecule has 1 aliphatic carbocycles. The number of Topliss-reactive ketones (excluding diaryl/α,β-unsaturated/α-hetero) is 1. The number of ketones is 1. The minimum atomic E-state index is -3.01. The van der Waals surface area contributed by atoms with Crippen LogP contribution in [-0.2, 0) is 33.1 Å². The van der Waals surface area contributed by atoms with Gasteiger partial charge in [-0.2, -0.15) is 0 Å². The van der Waals surface area contributed by atoms with E-state index in [0.29, 0.717) is 30.7 Å². The molecule has 0 saturated carbocycles. The Hall–Kier alpha value is -3.04. The van der Waals surface area contributed by atoms with Gasteiger partial charge in [-0.15, -0.1) is 0 Å². The lowest BCUT2D eigenvalue weighted by atomic mass is 9.67. The van der Waals surface area contributed by atoms with Gasteiger partial charge >= 0.3 is 8.25 Å². The summed E-state index contributed by atoms with van der Waals surface area (Å²) in [7, 11) is -3.01. The summed E-state index contributed by atoms with van der Waals surface area (Å²) in [5, 5.41) is 0.657. The van der Waals surface area contributed by atoms with Crippen molar-refractivity contribution in [1.82, 2.24) is 0 Å². The van der Waals surface area contributed by atoms with E-state index in [0.717, 1.165) is 16.7 Å². The van der Waals surface area contributed by atoms with Crippen molar-refractivity contribution in [2.24, 2.45) is 11.3 Å². The van der Waals surface area contributed by atoms with Crippen LogP contribution in [0.15, 0.2) is 109 Å². The first-order valence-corrected chi connectivity index (χ1v) is 13.0. The Labute approximate surface area is 211 Å². The standard InChI is InChI=1S/C29H26ClO4P/c30-26-13-11-23(12-14-26)20-25(19-22-7-3-1-4-8-22)28(31)29(21-24-9-5-2-6-10-24)17-15-27(16-18-29)34-35(32)33/h1-17,25H,18-21H2. The van der Waals surface area contributed by atoms with Crippen LogP contribution in [0, 0.1) is 11.3 Å². The molecule has 0 spiro atoms. The van der Waals surface area contributed by atoms with E-state index in [-0.39, 0.29) is 17.5 Å². The molecule has 1 aliphatic rings. The Morgan fingerprint density at radius 1 is 0.914 bits per heavy atom. The monoisotopic (exact) mass is 504 g/mol. The average molecular weight is 505 g/mol. The van der Waals surface area contributed by atoms with Crippen LogP contribution in [0.3, 0.4) is 0 Å². The van der Waals surface area contributed by atoms with E-state index in [1.165, 1.54) is 0 Å². The number of hydrogen-bond acceptors (Lipinski definition) is 4. The molecule has 4 nitrogen and oxygen atoms in total. The molecule has 35 heavy (non-hydrogen) atoms. The SMILES string of the molecule is O=C(C(Cc1ccccc1)Cc1ccc(Cl)cc1)C1(Cc2ccccc2)C=CC(O[P+](=O)[O-])=CC1. The van der Waals surface area contributed by atoms with Gasteiger partial charge in [0.15, 0.2) is 5.76 Å². The lowest BCUT2D eigenvalue weighted by Crippen LogP contribution is -2.39. The first-order valence-electron chi connectivity index (χ1n) is 11.5. The van der Waals surface area contributed by atoms with E-state index in [9.17, 15) is 14.3 Å². The van der Waals surface area contributed by atoms with Crippen LogP contribution in [0.25, 0.3) is 0 Å². The minimum Gasteiger partial charge on any atom is -0.558 e. The molecule has 0 heterocycles. The van der Waals surface area contributed by atoms with E-state index >= 15 is 0 Å². The molecule has 3 aromatic rings. The van der Waals surface area contributed by atoms with Gasteiger partial charge in [0, 0.05) is 10.9 Å². The van der Waals surface area contributed by atoms with Crippen molar-refractivity contribution < 1.29 is 18.8 Å². The highest BCUT2D eigenvalue weighted by molar-refractivity contribution is 7.30. The molecule has 0 bridgehead atoms. The zero-order valence-corrected chi connectivity index (χ0v) is 20.8. The van der Waals surface area contributed by atoms with Crippen LogP contribution in [-0.4, -0.2) is 5.78 Å². The third-order valence-electron chi connectivity index (χ3n) is 6.36. The van der Waals surface area contributed by atoms with Gasteiger partial charge in [0.25, 0.3) is 0 Å². The number of rotatable bonds is 10. The smallest absolute Gasteiger partial charge is 0.539 e. The second-order valence-corrected chi connectivity index (χ2v) is 9.93. The Morgan fingerprint density at radius 3 is 2.03 bits per heavy atom. The lowest BCUT2D eigenvalue weighted by Gasteiger charge is -2.34. The lowest BCUT2D eigenvalue weighted by molar-refractivity contribution is -0.182. The Balaban J connectivity index is 1.68. The summed E-state index contributed by atoms with van der Waals surface area (Å²) >= 11 is 6.09. The summed E-state index contributed by atoms with van der Waals surface area (Å²) in [5.74, 6) is 0.0899. The maximum absolute atomic E-state index is 14.4. The van der Waals surface area contributed by atoms with Crippen molar-refractivity contribution in [1.29, 1.82) is 0 Å². The van der Waals surface area contributed by atoms with Gasteiger partial charge in [-0.3, -0.25) is 9.32 Å². The molecular weight excluding hydrogens is 479 g/mol. The van der Waals surface area contributed by atoms with Crippen molar-refractivity contribution >= 4 is 25.6 Å². The van der Waals surface area contributed by atoms with Crippen LogP contribution in [0.2, 0.25) is 5.02 Å². The molecule has 178 valence electrons. The summed E-state index contributed by atoms with van der Waals surface area (Å²) in [6, 6.07) is 27.5. The molecule has 0 radical (unpaired) electrons. The van der Waals surface area contributed by atoms with Crippen LogP contribution in [0.4, 0.5) is 0 Å². The number of hydrogen-bond donors (Lipinski definition) is 0. The molecule has 0 N–H and O–H groups in total. The fourth-order valence-electron chi connectivity index (χ4n) is 4.64.